The lowest BCUT2D eigenvalue weighted by atomic mass is 10.3. The predicted molar refractivity (Wildman–Crippen MR) is 84.3 cm³/mol. The highest BCUT2D eigenvalue weighted by molar-refractivity contribution is 7.18. The van der Waals surface area contributed by atoms with Crippen LogP contribution in [0.1, 0.15) is 9.88 Å². The van der Waals surface area contributed by atoms with Crippen molar-refractivity contribution < 1.29 is 0 Å². The third-order valence-electron chi connectivity index (χ3n) is 2.76. The van der Waals surface area contributed by atoms with Crippen molar-refractivity contribution >= 4 is 44.7 Å². The molecule has 4 N–H and O–H groups in total. The van der Waals surface area contributed by atoms with Gasteiger partial charge in [-0.05, 0) is 13.0 Å². The predicted octanol–water partition coefficient (Wildman–Crippen LogP) is 2.40. The quantitative estimate of drug-likeness (QED) is 0.495. The van der Waals surface area contributed by atoms with Crippen LogP contribution in [0.5, 0.6) is 0 Å². The number of thiazole rings is 1. The lowest BCUT2D eigenvalue weighted by molar-refractivity contribution is 0.987. The maximum absolute atomic E-state index is 5.42. The summed E-state index contributed by atoms with van der Waals surface area (Å²) in [6.07, 6.45) is 2.69. The third-order valence-corrected chi connectivity index (χ3v) is 4.54. The highest BCUT2D eigenvalue weighted by Crippen LogP contribution is 2.29. The minimum atomic E-state index is 0.427. The summed E-state index contributed by atoms with van der Waals surface area (Å²) >= 11 is 3.29. The Kier molecular flexibility index (Phi) is 3.77. The van der Waals surface area contributed by atoms with Crippen molar-refractivity contribution in [3.63, 3.8) is 0 Å². The van der Waals surface area contributed by atoms with Crippen molar-refractivity contribution in [2.45, 2.75) is 13.3 Å². The number of nitrogens with two attached hydrogens (primary N) is 1. The Labute approximate surface area is 124 Å². The van der Waals surface area contributed by atoms with E-state index in [1.807, 2.05) is 11.6 Å². The van der Waals surface area contributed by atoms with E-state index in [0.717, 1.165) is 34.0 Å². The van der Waals surface area contributed by atoms with Gasteiger partial charge in [-0.2, -0.15) is 4.98 Å². The summed E-state index contributed by atoms with van der Waals surface area (Å²) in [5.41, 5.74) is 2.51. The third kappa shape index (κ3) is 2.72. The molecule has 0 saturated heterocycles. The number of anilines is 2. The van der Waals surface area contributed by atoms with Gasteiger partial charge in [0.25, 0.3) is 0 Å². The van der Waals surface area contributed by atoms with E-state index in [4.69, 9.17) is 5.84 Å². The number of rotatable bonds is 5. The molecule has 0 aromatic carbocycles. The highest BCUT2D eigenvalue weighted by Gasteiger charge is 2.10. The number of hydrazine groups is 1. The summed E-state index contributed by atoms with van der Waals surface area (Å²) in [5.74, 6) is 6.65. The number of hydrogen-bond acceptors (Lipinski definition) is 8. The Bertz CT molecular complexity index is 706. The van der Waals surface area contributed by atoms with E-state index in [2.05, 4.69) is 38.7 Å². The first-order valence-corrected chi connectivity index (χ1v) is 7.83. The van der Waals surface area contributed by atoms with E-state index in [1.54, 1.807) is 22.7 Å². The molecule has 0 unspecified atom stereocenters. The van der Waals surface area contributed by atoms with E-state index in [1.165, 1.54) is 4.88 Å². The SMILES string of the molecule is Cc1cc2c(NCCc3nccs3)nc(NN)nc2s1. The Morgan fingerprint density at radius 3 is 3.00 bits per heavy atom. The van der Waals surface area contributed by atoms with Crippen LogP contribution < -0.4 is 16.6 Å². The van der Waals surface area contributed by atoms with E-state index in [0.29, 0.717) is 5.95 Å². The summed E-state index contributed by atoms with van der Waals surface area (Å²) in [4.78, 5) is 15.1. The summed E-state index contributed by atoms with van der Waals surface area (Å²) < 4.78 is 0. The second-order valence-electron chi connectivity index (χ2n) is 4.22. The number of nitrogens with zero attached hydrogens (tertiary/aromatic N) is 3. The molecule has 0 radical (unpaired) electrons. The Hall–Kier alpha value is -1.77. The van der Waals surface area contributed by atoms with Crippen molar-refractivity contribution in [2.75, 3.05) is 17.3 Å². The fourth-order valence-corrected chi connectivity index (χ4v) is 3.41. The molecule has 0 spiro atoms. The molecule has 0 fully saturated rings. The fourth-order valence-electron chi connectivity index (χ4n) is 1.91. The molecule has 0 aliphatic carbocycles. The van der Waals surface area contributed by atoms with Gasteiger partial charge in [0.2, 0.25) is 5.95 Å². The number of nitrogens with one attached hydrogen (secondary N) is 2. The molecular formula is C12H14N6S2. The van der Waals surface area contributed by atoms with Gasteiger partial charge >= 0.3 is 0 Å². The molecule has 0 aliphatic rings. The van der Waals surface area contributed by atoms with Crippen molar-refractivity contribution in [3.8, 4) is 0 Å². The largest absolute Gasteiger partial charge is 0.369 e. The standard InChI is InChI=1S/C12H14N6S2/c1-7-6-8-10(15-3-2-9-14-4-5-19-9)16-12(18-13)17-11(8)20-7/h4-6H,2-3,13H2,1H3,(H2,15,16,17,18). The lowest BCUT2D eigenvalue weighted by Crippen LogP contribution is -2.13. The molecule has 3 rings (SSSR count). The molecule has 0 atom stereocenters. The fraction of sp³-hybridized carbons (Fsp3) is 0.250. The maximum atomic E-state index is 5.42. The number of hydrogen-bond donors (Lipinski definition) is 3. The molecule has 20 heavy (non-hydrogen) atoms. The Balaban J connectivity index is 1.81. The van der Waals surface area contributed by atoms with E-state index >= 15 is 0 Å². The normalized spacial score (nSPS) is 10.9. The molecule has 6 nitrogen and oxygen atoms in total. The molecule has 0 bridgehead atoms. The molecule has 104 valence electrons. The van der Waals surface area contributed by atoms with Crippen molar-refractivity contribution in [2.24, 2.45) is 5.84 Å². The van der Waals surface area contributed by atoms with Crippen LogP contribution in [-0.4, -0.2) is 21.5 Å². The van der Waals surface area contributed by atoms with Crippen molar-refractivity contribution in [1.29, 1.82) is 0 Å². The summed E-state index contributed by atoms with van der Waals surface area (Å²) in [6.45, 7) is 2.83. The van der Waals surface area contributed by atoms with Crippen LogP contribution in [-0.2, 0) is 6.42 Å². The average molecular weight is 306 g/mol. The van der Waals surface area contributed by atoms with Gasteiger partial charge in [0.1, 0.15) is 10.6 Å². The molecule has 3 heterocycles. The van der Waals surface area contributed by atoms with Gasteiger partial charge in [0, 0.05) is 29.4 Å². The van der Waals surface area contributed by atoms with E-state index in [9.17, 15) is 0 Å². The van der Waals surface area contributed by atoms with Gasteiger partial charge in [0.15, 0.2) is 0 Å². The summed E-state index contributed by atoms with van der Waals surface area (Å²) in [7, 11) is 0. The molecule has 0 amide bonds. The van der Waals surface area contributed by atoms with Crippen LogP contribution in [0.2, 0.25) is 0 Å². The molecule has 0 saturated carbocycles. The van der Waals surface area contributed by atoms with Crippen LogP contribution in [0.25, 0.3) is 10.2 Å². The van der Waals surface area contributed by atoms with Gasteiger partial charge in [-0.3, -0.25) is 5.43 Å². The zero-order chi connectivity index (χ0) is 13.9. The number of aryl methyl sites for hydroxylation is 1. The van der Waals surface area contributed by atoms with E-state index in [-0.39, 0.29) is 0 Å². The smallest absolute Gasteiger partial charge is 0.240 e. The molecule has 8 heteroatoms. The zero-order valence-electron chi connectivity index (χ0n) is 10.9. The van der Waals surface area contributed by atoms with Gasteiger partial charge in [0.05, 0.1) is 10.4 Å². The first-order chi connectivity index (χ1) is 9.76. The molecular weight excluding hydrogens is 292 g/mol. The van der Waals surface area contributed by atoms with Crippen LogP contribution in [0.15, 0.2) is 17.6 Å². The molecule has 3 aromatic rings. The van der Waals surface area contributed by atoms with Crippen LogP contribution in [0.4, 0.5) is 11.8 Å². The van der Waals surface area contributed by atoms with Crippen LogP contribution >= 0.6 is 22.7 Å². The van der Waals surface area contributed by atoms with Crippen molar-refractivity contribution in [1.82, 2.24) is 15.0 Å². The monoisotopic (exact) mass is 306 g/mol. The minimum absolute atomic E-state index is 0.427. The van der Waals surface area contributed by atoms with Crippen molar-refractivity contribution in [3.05, 3.63) is 27.5 Å². The highest BCUT2D eigenvalue weighted by atomic mass is 32.1. The topological polar surface area (TPSA) is 88.8 Å². The lowest BCUT2D eigenvalue weighted by Gasteiger charge is -2.07. The zero-order valence-corrected chi connectivity index (χ0v) is 12.5. The first-order valence-electron chi connectivity index (χ1n) is 6.13. The van der Waals surface area contributed by atoms with Gasteiger partial charge in [-0.1, -0.05) is 0 Å². The van der Waals surface area contributed by atoms with E-state index < -0.39 is 0 Å². The molecule has 3 aromatic heterocycles. The second-order valence-corrected chi connectivity index (χ2v) is 6.43. The van der Waals surface area contributed by atoms with Gasteiger partial charge in [-0.25, -0.2) is 15.8 Å². The van der Waals surface area contributed by atoms with Gasteiger partial charge < -0.3 is 5.32 Å². The first kappa shape index (κ1) is 13.2. The Morgan fingerprint density at radius 1 is 1.35 bits per heavy atom. The van der Waals surface area contributed by atoms with Gasteiger partial charge in [-0.15, -0.1) is 22.7 Å². The van der Waals surface area contributed by atoms with Crippen LogP contribution in [0, 0.1) is 6.92 Å². The second kappa shape index (κ2) is 5.70. The summed E-state index contributed by atoms with van der Waals surface area (Å²) in [5, 5.41) is 7.47. The minimum Gasteiger partial charge on any atom is -0.369 e. The Morgan fingerprint density at radius 2 is 2.25 bits per heavy atom. The summed E-state index contributed by atoms with van der Waals surface area (Å²) in [6, 6.07) is 2.09. The number of aromatic nitrogens is 3. The number of fused-ring (bicyclic) bond motifs is 1. The number of thiophene rings is 1. The van der Waals surface area contributed by atoms with Crippen LogP contribution in [0.3, 0.4) is 0 Å². The number of nitrogen functional groups attached to an aromatic ring is 1. The average Bonchev–Trinajstić information content (AvgIpc) is 3.06. The maximum Gasteiger partial charge on any atom is 0.240 e. The molecule has 0 aliphatic heterocycles.